The van der Waals surface area contributed by atoms with E-state index in [4.69, 9.17) is 8.83 Å². The third-order valence-corrected chi connectivity index (χ3v) is 18.7. The highest BCUT2D eigenvalue weighted by molar-refractivity contribution is 6.19. The first-order valence-electron chi connectivity index (χ1n) is 30.8. The topological polar surface area (TPSA) is 42.6 Å². The predicted molar refractivity (Wildman–Crippen MR) is 369 cm³/mol. The van der Waals surface area contributed by atoms with Crippen LogP contribution in [0.25, 0.3) is 110 Å². The van der Waals surface area contributed by atoms with Crippen LogP contribution < -0.4 is 9.80 Å². The van der Waals surface area contributed by atoms with Gasteiger partial charge >= 0.3 is 0 Å². The van der Waals surface area contributed by atoms with Gasteiger partial charge in [-0.1, -0.05) is 175 Å². The Kier molecular flexibility index (Phi) is 11.5. The molecule has 4 heterocycles. The molecule has 1 aliphatic carbocycles. The number of hydrogen-bond acceptors (Lipinski definition) is 4. The second-order valence-corrected chi connectivity index (χ2v) is 26.1. The summed E-state index contributed by atoms with van der Waals surface area (Å²) in [6.45, 7) is 13.7. The van der Waals surface area contributed by atoms with E-state index in [1.165, 1.54) is 60.0 Å². The maximum Gasteiger partial charge on any atom is 0.136 e. The summed E-state index contributed by atoms with van der Waals surface area (Å²) in [5.41, 5.74) is 18.8. The lowest BCUT2D eigenvalue weighted by Crippen LogP contribution is -2.28. The van der Waals surface area contributed by atoms with Crippen molar-refractivity contribution in [2.24, 2.45) is 0 Å². The monoisotopic (exact) mass is 1140 g/mol. The number of benzene rings is 12. The Morgan fingerprint density at radius 2 is 0.852 bits per heavy atom. The van der Waals surface area contributed by atoms with Gasteiger partial charge in [-0.2, -0.15) is 0 Å². The smallest absolute Gasteiger partial charge is 0.136 e. The van der Waals surface area contributed by atoms with Gasteiger partial charge in [0.1, 0.15) is 22.7 Å². The summed E-state index contributed by atoms with van der Waals surface area (Å²) in [6, 6.07) is 95.6. The van der Waals surface area contributed by atoms with Crippen molar-refractivity contribution in [3.05, 3.63) is 284 Å². The summed E-state index contributed by atoms with van der Waals surface area (Å²) in [4.78, 5) is 4.93. The minimum absolute atomic E-state index is 0.000566. The van der Waals surface area contributed by atoms with Gasteiger partial charge in [0.15, 0.2) is 0 Å². The highest BCUT2D eigenvalue weighted by Crippen LogP contribution is 2.55. The van der Waals surface area contributed by atoms with Crippen molar-refractivity contribution in [1.82, 2.24) is 9.13 Å². The van der Waals surface area contributed by atoms with Gasteiger partial charge < -0.3 is 27.8 Å². The van der Waals surface area contributed by atoms with Crippen LogP contribution in [0.5, 0.6) is 0 Å². The third kappa shape index (κ3) is 8.15. The molecular formula is C82H64N4O2. The van der Waals surface area contributed by atoms with E-state index in [1.54, 1.807) is 0 Å². The summed E-state index contributed by atoms with van der Waals surface area (Å²) < 4.78 is 19.6. The molecule has 88 heavy (non-hydrogen) atoms. The van der Waals surface area contributed by atoms with Gasteiger partial charge in [-0.25, -0.2) is 0 Å². The van der Waals surface area contributed by atoms with Crippen LogP contribution in [0.2, 0.25) is 0 Å². The van der Waals surface area contributed by atoms with Crippen LogP contribution in [-0.2, 0) is 17.3 Å². The Morgan fingerprint density at radius 3 is 1.48 bits per heavy atom. The second kappa shape index (κ2) is 19.5. The van der Waals surface area contributed by atoms with Crippen LogP contribution in [0.3, 0.4) is 0 Å². The molecule has 0 fully saturated rings. The van der Waals surface area contributed by atoms with E-state index in [9.17, 15) is 0 Å². The first kappa shape index (κ1) is 51.8. The molecular weight excluding hydrogens is 1070 g/mol. The van der Waals surface area contributed by atoms with Crippen LogP contribution in [0, 0.1) is 0 Å². The standard InChI is InChI=1S/C82H64N4O2/c1-81(2,3)54-31-36-58(37-32-54)83(61-40-42-71-66(48-61)64-25-15-17-27-69(64)85(71)56-20-9-7-10-21-56)60-35-29-52-46-68-75(47-53(52)45-60)88-80-73(50-76-79(78(68)80)77-63-24-14-13-19-51(63)30-44-74(77)87-76)84(59-38-33-55(34-39-59)82(4,5)6)62-41-43-72-67(49-62)65-26-16-18-28-70(65)86(72)57-22-11-8-12-23-57/h7-49,73H,50H2,1-6H3. The number of nitrogens with zero attached hydrogens (tertiary/aromatic N) is 4. The normalized spacial score (nSPS) is 13.6. The summed E-state index contributed by atoms with van der Waals surface area (Å²) in [5.74, 6) is 1.88. The number of rotatable bonds is 8. The molecule has 4 aromatic heterocycles. The molecule has 12 aromatic carbocycles. The van der Waals surface area contributed by atoms with Crippen molar-refractivity contribution in [1.29, 1.82) is 0 Å². The lowest BCUT2D eigenvalue weighted by Gasteiger charge is -2.35. The van der Waals surface area contributed by atoms with Gasteiger partial charge in [0, 0.05) is 89.7 Å². The minimum Gasteiger partial charge on any atom is -0.460 e. The van der Waals surface area contributed by atoms with E-state index in [0.717, 1.165) is 101 Å². The van der Waals surface area contributed by atoms with Crippen molar-refractivity contribution in [3.8, 4) is 22.5 Å². The lowest BCUT2D eigenvalue weighted by atomic mass is 9.85. The SMILES string of the molecule is CC(C)(C)c1ccc(N(c2ccc3cc4c5c(oc4cc3c2)C(N(c2ccc(C(C)(C)C)cc2)c2ccc3c(c2)c2ccccc2n3-c2ccccc2)Cc2oc3ccc4ccccc4c3c2-5)c2ccc3c(c2)c2ccccc2n3-c2ccccc2)cc1. The molecule has 1 unspecified atom stereocenters. The van der Waals surface area contributed by atoms with Crippen molar-refractivity contribution in [2.45, 2.75) is 64.8 Å². The Bertz CT molecular complexity index is 5440. The number of anilines is 5. The maximum absolute atomic E-state index is 7.66. The van der Waals surface area contributed by atoms with Crippen LogP contribution in [0.4, 0.5) is 28.4 Å². The summed E-state index contributed by atoms with van der Waals surface area (Å²) in [5, 5.41) is 11.5. The average Bonchev–Trinajstić information content (AvgIpc) is 1.97. The number of aromatic nitrogens is 2. The quantitative estimate of drug-likeness (QED) is 0.152. The van der Waals surface area contributed by atoms with E-state index >= 15 is 0 Å². The zero-order valence-electron chi connectivity index (χ0n) is 50.2. The van der Waals surface area contributed by atoms with Crippen LogP contribution in [0.1, 0.15) is 70.2 Å². The summed E-state index contributed by atoms with van der Waals surface area (Å²) >= 11 is 0. The van der Waals surface area contributed by atoms with Gasteiger partial charge in [0.05, 0.1) is 28.1 Å². The molecule has 0 saturated heterocycles. The number of para-hydroxylation sites is 4. The zero-order valence-corrected chi connectivity index (χ0v) is 50.2. The van der Waals surface area contributed by atoms with Crippen LogP contribution in [-0.4, -0.2) is 9.13 Å². The molecule has 6 nitrogen and oxygen atoms in total. The molecule has 17 rings (SSSR count). The molecule has 16 aromatic rings. The van der Waals surface area contributed by atoms with Crippen molar-refractivity contribution in [3.63, 3.8) is 0 Å². The molecule has 424 valence electrons. The predicted octanol–water partition coefficient (Wildman–Crippen LogP) is 22.8. The average molecular weight is 1140 g/mol. The first-order chi connectivity index (χ1) is 42.9. The Labute approximate surface area is 511 Å². The van der Waals surface area contributed by atoms with Crippen molar-refractivity contribution >= 4 is 116 Å². The first-order valence-corrected chi connectivity index (χ1v) is 30.8. The molecule has 0 amide bonds. The molecule has 0 radical (unpaired) electrons. The number of furan rings is 2. The van der Waals surface area contributed by atoms with Gasteiger partial charge in [-0.05, 0) is 171 Å². The molecule has 0 aliphatic heterocycles. The van der Waals surface area contributed by atoms with E-state index in [0.29, 0.717) is 6.42 Å². The van der Waals surface area contributed by atoms with Gasteiger partial charge in [0.2, 0.25) is 0 Å². The van der Waals surface area contributed by atoms with E-state index in [-0.39, 0.29) is 16.9 Å². The molecule has 0 bridgehead atoms. The molecule has 0 N–H and O–H groups in total. The highest BCUT2D eigenvalue weighted by atomic mass is 16.3. The fourth-order valence-electron chi connectivity index (χ4n) is 14.4. The van der Waals surface area contributed by atoms with Crippen LogP contribution >= 0.6 is 0 Å². The number of hydrogen-bond donors (Lipinski definition) is 0. The van der Waals surface area contributed by atoms with Gasteiger partial charge in [-0.3, -0.25) is 0 Å². The maximum atomic E-state index is 7.66. The molecule has 0 saturated carbocycles. The van der Waals surface area contributed by atoms with Gasteiger partial charge in [0.25, 0.3) is 0 Å². The van der Waals surface area contributed by atoms with E-state index < -0.39 is 0 Å². The molecule has 6 heteroatoms. The van der Waals surface area contributed by atoms with E-state index in [1.807, 2.05) is 0 Å². The molecule has 0 spiro atoms. The Morgan fingerprint density at radius 1 is 0.352 bits per heavy atom. The summed E-state index contributed by atoms with van der Waals surface area (Å²) in [7, 11) is 0. The van der Waals surface area contributed by atoms with Crippen molar-refractivity contribution < 1.29 is 8.83 Å². The van der Waals surface area contributed by atoms with Crippen LogP contribution in [0.15, 0.2) is 270 Å². The lowest BCUT2D eigenvalue weighted by molar-refractivity contribution is 0.450. The fourth-order valence-corrected chi connectivity index (χ4v) is 14.4. The summed E-state index contributed by atoms with van der Waals surface area (Å²) in [6.07, 6.45) is 0.580. The molecule has 1 atom stereocenters. The van der Waals surface area contributed by atoms with Crippen molar-refractivity contribution in [2.75, 3.05) is 9.80 Å². The third-order valence-electron chi connectivity index (χ3n) is 18.7. The van der Waals surface area contributed by atoms with Gasteiger partial charge in [-0.15, -0.1) is 0 Å². The second-order valence-electron chi connectivity index (χ2n) is 26.1. The highest BCUT2D eigenvalue weighted by Gasteiger charge is 2.40. The fraction of sp³-hybridized carbons (Fsp3) is 0.122. The number of fused-ring (bicyclic) bond motifs is 16. The van der Waals surface area contributed by atoms with E-state index in [2.05, 4.69) is 321 Å². The minimum atomic E-state index is -0.296. The Hall–Kier alpha value is -10.6. The zero-order chi connectivity index (χ0) is 59.2. The largest absolute Gasteiger partial charge is 0.460 e. The Balaban J connectivity index is 0.879. The molecule has 1 aliphatic rings.